The van der Waals surface area contributed by atoms with E-state index < -0.39 is 0 Å². The molecule has 8 heteroatoms. The number of thioether (sulfide) groups is 1. The van der Waals surface area contributed by atoms with Gasteiger partial charge < -0.3 is 25.4 Å². The monoisotopic (exact) mass is 379 g/mol. The fraction of sp³-hybridized carbons (Fsp3) is 0.556. The Labute approximate surface area is 157 Å². The normalized spacial score (nSPS) is 23.8. The highest BCUT2D eigenvalue weighted by Crippen LogP contribution is 2.33. The maximum absolute atomic E-state index is 12.2. The zero-order valence-electron chi connectivity index (χ0n) is 15.0. The fourth-order valence-corrected chi connectivity index (χ4v) is 4.92. The average molecular weight is 379 g/mol. The van der Waals surface area contributed by atoms with Crippen molar-refractivity contribution in [2.45, 2.75) is 43.0 Å². The summed E-state index contributed by atoms with van der Waals surface area (Å²) < 4.78 is 10.4. The summed E-state index contributed by atoms with van der Waals surface area (Å²) in [4.78, 5) is 23.6. The Kier molecular flexibility index (Phi) is 6.13. The molecule has 1 aromatic rings. The second-order valence-electron chi connectivity index (χ2n) is 6.52. The molecule has 26 heavy (non-hydrogen) atoms. The molecular weight excluding hydrogens is 354 g/mol. The molecule has 2 saturated heterocycles. The zero-order chi connectivity index (χ0) is 18.5. The van der Waals surface area contributed by atoms with Gasteiger partial charge in [-0.1, -0.05) is 6.42 Å². The number of carbonyl (C=O) groups is 2. The minimum Gasteiger partial charge on any atom is -0.497 e. The average Bonchev–Trinajstić information content (AvgIpc) is 3.17. The molecular formula is C18H25N3O4S. The van der Waals surface area contributed by atoms with E-state index in [-0.39, 0.29) is 24.0 Å². The first-order valence-electron chi connectivity index (χ1n) is 8.80. The minimum atomic E-state index is -0.0570. The molecule has 1 aromatic carbocycles. The van der Waals surface area contributed by atoms with E-state index >= 15 is 0 Å². The molecule has 142 valence electrons. The van der Waals surface area contributed by atoms with Gasteiger partial charge in [0, 0.05) is 41.3 Å². The number of carbonyl (C=O) groups excluding carboxylic acids is 2. The van der Waals surface area contributed by atoms with Crippen LogP contribution < -0.4 is 25.4 Å². The molecule has 0 aliphatic carbocycles. The van der Waals surface area contributed by atoms with Crippen LogP contribution in [-0.2, 0) is 4.79 Å². The highest BCUT2D eigenvalue weighted by molar-refractivity contribution is 8.00. The summed E-state index contributed by atoms with van der Waals surface area (Å²) in [5, 5.41) is 9.27. The van der Waals surface area contributed by atoms with Crippen LogP contribution in [0.3, 0.4) is 0 Å². The van der Waals surface area contributed by atoms with Crippen LogP contribution in [0.2, 0.25) is 0 Å². The number of amides is 3. The molecule has 7 nitrogen and oxygen atoms in total. The van der Waals surface area contributed by atoms with E-state index in [2.05, 4.69) is 16.0 Å². The van der Waals surface area contributed by atoms with Gasteiger partial charge in [-0.2, -0.15) is 11.8 Å². The molecule has 0 aromatic heterocycles. The second-order valence-corrected chi connectivity index (χ2v) is 7.79. The number of urea groups is 1. The minimum absolute atomic E-state index is 0.0203. The lowest BCUT2D eigenvalue weighted by atomic mass is 10.0. The molecule has 0 saturated carbocycles. The number of hydrogen-bond acceptors (Lipinski definition) is 5. The van der Waals surface area contributed by atoms with Gasteiger partial charge in [-0.3, -0.25) is 4.79 Å². The lowest BCUT2D eigenvalue weighted by molar-refractivity contribution is -0.116. The predicted molar refractivity (Wildman–Crippen MR) is 102 cm³/mol. The first-order valence-corrected chi connectivity index (χ1v) is 9.85. The molecule has 2 aliphatic rings. The molecule has 0 unspecified atom stereocenters. The molecule has 2 aliphatic heterocycles. The standard InChI is InChI=1S/C18H25N3O4S/c1-24-12-7-11(8-13(9-12)25-2)19-16(22)6-4-3-5-15-17-14(10-26-15)20-18(23)21-17/h7-9,14-15,17H,3-6,10H2,1-2H3,(H,19,22)(H2,20,21,23)/t14-,15+,17+/m0/s1. The Morgan fingerprint density at radius 3 is 2.62 bits per heavy atom. The van der Waals surface area contributed by atoms with E-state index in [1.54, 1.807) is 32.4 Å². The van der Waals surface area contributed by atoms with Crippen molar-refractivity contribution in [3.8, 4) is 11.5 Å². The lowest BCUT2D eigenvalue weighted by Gasteiger charge is -2.16. The first-order chi connectivity index (χ1) is 12.6. The van der Waals surface area contributed by atoms with Gasteiger partial charge in [-0.05, 0) is 12.8 Å². The number of rotatable bonds is 8. The number of nitrogens with one attached hydrogen (secondary N) is 3. The van der Waals surface area contributed by atoms with Crippen molar-refractivity contribution in [1.29, 1.82) is 0 Å². The third-order valence-corrected chi connectivity index (χ3v) is 6.22. The molecule has 3 amide bonds. The molecule has 2 fully saturated rings. The van der Waals surface area contributed by atoms with Crippen LogP contribution in [0.1, 0.15) is 25.7 Å². The van der Waals surface area contributed by atoms with Crippen LogP contribution in [0.15, 0.2) is 18.2 Å². The summed E-state index contributed by atoms with van der Waals surface area (Å²) in [6.45, 7) is 0. The summed E-state index contributed by atoms with van der Waals surface area (Å²) in [5.41, 5.74) is 0.667. The SMILES string of the molecule is COc1cc(NC(=O)CCCC[C@H]2SC[C@@H]3NC(=O)N[C@H]32)cc(OC)c1. The Hall–Kier alpha value is -2.09. The summed E-state index contributed by atoms with van der Waals surface area (Å²) in [6, 6.07) is 5.73. The van der Waals surface area contributed by atoms with E-state index in [9.17, 15) is 9.59 Å². The Balaban J connectivity index is 1.40. The first kappa shape index (κ1) is 18.7. The number of ether oxygens (including phenoxy) is 2. The number of hydrogen-bond donors (Lipinski definition) is 3. The molecule has 0 bridgehead atoms. The van der Waals surface area contributed by atoms with Crippen molar-refractivity contribution in [2.24, 2.45) is 0 Å². The van der Waals surface area contributed by atoms with Crippen LogP contribution in [0.5, 0.6) is 11.5 Å². The predicted octanol–water partition coefficient (Wildman–Crippen LogP) is 2.37. The van der Waals surface area contributed by atoms with Crippen molar-refractivity contribution in [1.82, 2.24) is 10.6 Å². The van der Waals surface area contributed by atoms with Crippen molar-refractivity contribution in [2.75, 3.05) is 25.3 Å². The Morgan fingerprint density at radius 2 is 1.92 bits per heavy atom. The quantitative estimate of drug-likeness (QED) is 0.477. The lowest BCUT2D eigenvalue weighted by Crippen LogP contribution is -2.36. The van der Waals surface area contributed by atoms with Crippen molar-refractivity contribution in [3.63, 3.8) is 0 Å². The fourth-order valence-electron chi connectivity index (χ4n) is 3.38. The van der Waals surface area contributed by atoms with Gasteiger partial charge in [0.1, 0.15) is 11.5 Å². The summed E-state index contributed by atoms with van der Waals surface area (Å²) in [7, 11) is 3.16. The molecule has 0 spiro atoms. The Morgan fingerprint density at radius 1 is 1.19 bits per heavy atom. The number of unbranched alkanes of at least 4 members (excludes halogenated alkanes) is 1. The molecule has 3 atom stereocenters. The van der Waals surface area contributed by atoms with Gasteiger partial charge in [0.15, 0.2) is 0 Å². The molecule has 0 radical (unpaired) electrons. The third kappa shape index (κ3) is 4.55. The summed E-state index contributed by atoms with van der Waals surface area (Å²) in [5.74, 6) is 2.22. The van der Waals surface area contributed by atoms with Crippen molar-refractivity contribution < 1.29 is 19.1 Å². The van der Waals surface area contributed by atoms with Gasteiger partial charge in [0.2, 0.25) is 5.91 Å². The molecule has 3 rings (SSSR count). The van der Waals surface area contributed by atoms with E-state index in [1.807, 2.05) is 11.8 Å². The van der Waals surface area contributed by atoms with Crippen LogP contribution in [0.25, 0.3) is 0 Å². The second kappa shape index (κ2) is 8.53. The van der Waals surface area contributed by atoms with Gasteiger partial charge >= 0.3 is 6.03 Å². The number of methoxy groups -OCH3 is 2. The van der Waals surface area contributed by atoms with E-state index in [0.717, 1.165) is 25.0 Å². The Bertz CT molecular complexity index is 648. The van der Waals surface area contributed by atoms with Crippen molar-refractivity contribution >= 4 is 29.4 Å². The number of anilines is 1. The summed E-state index contributed by atoms with van der Waals surface area (Å²) in [6.07, 6.45) is 3.26. The van der Waals surface area contributed by atoms with Crippen molar-refractivity contribution in [3.05, 3.63) is 18.2 Å². The third-order valence-electron chi connectivity index (χ3n) is 4.72. The van der Waals surface area contributed by atoms with E-state index in [4.69, 9.17) is 9.47 Å². The smallest absolute Gasteiger partial charge is 0.315 e. The van der Waals surface area contributed by atoms with Crippen LogP contribution in [0, 0.1) is 0 Å². The zero-order valence-corrected chi connectivity index (χ0v) is 15.9. The van der Waals surface area contributed by atoms with E-state index in [0.29, 0.717) is 28.9 Å². The number of benzene rings is 1. The van der Waals surface area contributed by atoms with Gasteiger partial charge in [-0.25, -0.2) is 4.79 Å². The molecule has 2 heterocycles. The van der Waals surface area contributed by atoms with Crippen LogP contribution in [-0.4, -0.2) is 49.2 Å². The van der Waals surface area contributed by atoms with Gasteiger partial charge in [0.05, 0.1) is 26.3 Å². The largest absolute Gasteiger partial charge is 0.497 e. The van der Waals surface area contributed by atoms with Gasteiger partial charge in [-0.15, -0.1) is 0 Å². The van der Waals surface area contributed by atoms with E-state index in [1.165, 1.54) is 0 Å². The highest BCUT2D eigenvalue weighted by Gasteiger charge is 2.42. The summed E-state index contributed by atoms with van der Waals surface area (Å²) >= 11 is 1.90. The topological polar surface area (TPSA) is 88.7 Å². The van der Waals surface area contributed by atoms with Crippen LogP contribution in [0.4, 0.5) is 10.5 Å². The van der Waals surface area contributed by atoms with Gasteiger partial charge in [0.25, 0.3) is 0 Å². The molecule has 3 N–H and O–H groups in total. The number of fused-ring (bicyclic) bond motifs is 1. The highest BCUT2D eigenvalue weighted by atomic mass is 32.2. The van der Waals surface area contributed by atoms with Crippen LogP contribution >= 0.6 is 11.8 Å². The maximum Gasteiger partial charge on any atom is 0.315 e. The maximum atomic E-state index is 12.2.